The van der Waals surface area contributed by atoms with Crippen LogP contribution in [0.3, 0.4) is 0 Å². The second-order valence-electron chi connectivity index (χ2n) is 4.15. The van der Waals surface area contributed by atoms with Gasteiger partial charge in [-0.25, -0.2) is 0 Å². The Morgan fingerprint density at radius 2 is 1.95 bits per heavy atom. The molecule has 0 spiro atoms. The standard InChI is InChI=1S/C15H16N2OS/c1-12-8-9-14(19-12)10-11-15(18)16-17(2)13-6-4-3-5-7-13/h3-11H,1-2H3,(H,16,18)/b11-10+. The first kappa shape index (κ1) is 13.4. The monoisotopic (exact) mass is 272 g/mol. The second kappa shape index (κ2) is 6.20. The molecule has 3 nitrogen and oxygen atoms in total. The highest BCUT2D eigenvalue weighted by molar-refractivity contribution is 7.12. The summed E-state index contributed by atoms with van der Waals surface area (Å²) in [6.07, 6.45) is 3.37. The molecule has 0 atom stereocenters. The number of thiophene rings is 1. The fraction of sp³-hybridized carbons (Fsp3) is 0.133. The van der Waals surface area contributed by atoms with Crippen molar-refractivity contribution in [1.82, 2.24) is 5.43 Å². The van der Waals surface area contributed by atoms with Gasteiger partial charge in [-0.1, -0.05) is 18.2 Å². The predicted octanol–water partition coefficient (Wildman–Crippen LogP) is 3.24. The summed E-state index contributed by atoms with van der Waals surface area (Å²) in [4.78, 5) is 14.1. The molecule has 98 valence electrons. The Kier molecular flexibility index (Phi) is 4.36. The lowest BCUT2D eigenvalue weighted by molar-refractivity contribution is -0.116. The number of para-hydroxylation sites is 1. The molecule has 2 aromatic rings. The highest BCUT2D eigenvalue weighted by atomic mass is 32.1. The molecule has 0 aliphatic carbocycles. The van der Waals surface area contributed by atoms with Crippen molar-refractivity contribution in [3.8, 4) is 0 Å². The van der Waals surface area contributed by atoms with Crippen LogP contribution in [-0.2, 0) is 4.79 Å². The number of anilines is 1. The Balaban J connectivity index is 1.93. The van der Waals surface area contributed by atoms with Gasteiger partial charge in [-0.15, -0.1) is 11.3 Å². The molecule has 1 amide bonds. The van der Waals surface area contributed by atoms with Crippen LogP contribution in [0.1, 0.15) is 9.75 Å². The van der Waals surface area contributed by atoms with Crippen molar-refractivity contribution >= 4 is 29.0 Å². The highest BCUT2D eigenvalue weighted by Gasteiger charge is 2.02. The molecule has 1 aromatic carbocycles. The van der Waals surface area contributed by atoms with E-state index in [0.29, 0.717) is 0 Å². The number of benzene rings is 1. The first-order chi connectivity index (χ1) is 9.15. The molecule has 1 N–H and O–H groups in total. The van der Waals surface area contributed by atoms with E-state index in [0.717, 1.165) is 10.6 Å². The maximum Gasteiger partial charge on any atom is 0.262 e. The second-order valence-corrected chi connectivity index (χ2v) is 5.47. The fourth-order valence-corrected chi connectivity index (χ4v) is 2.40. The molecule has 0 radical (unpaired) electrons. The Morgan fingerprint density at radius 1 is 1.21 bits per heavy atom. The van der Waals surface area contributed by atoms with Gasteiger partial charge in [-0.3, -0.25) is 15.2 Å². The van der Waals surface area contributed by atoms with E-state index in [4.69, 9.17) is 0 Å². The Hall–Kier alpha value is -2.07. The van der Waals surface area contributed by atoms with Gasteiger partial charge in [0.15, 0.2) is 0 Å². The van der Waals surface area contributed by atoms with Crippen LogP contribution in [0.15, 0.2) is 48.5 Å². The van der Waals surface area contributed by atoms with Crippen molar-refractivity contribution in [1.29, 1.82) is 0 Å². The number of carbonyl (C=O) groups excluding carboxylic acids is 1. The van der Waals surface area contributed by atoms with Crippen LogP contribution >= 0.6 is 11.3 Å². The van der Waals surface area contributed by atoms with Gasteiger partial charge in [-0.2, -0.15) is 0 Å². The molecule has 4 heteroatoms. The molecule has 0 aliphatic heterocycles. The number of nitrogens with zero attached hydrogens (tertiary/aromatic N) is 1. The lowest BCUT2D eigenvalue weighted by Gasteiger charge is -2.18. The molecule has 0 saturated carbocycles. The van der Waals surface area contributed by atoms with Gasteiger partial charge in [0.2, 0.25) is 0 Å². The molecule has 2 rings (SSSR count). The van der Waals surface area contributed by atoms with Crippen molar-refractivity contribution in [3.63, 3.8) is 0 Å². The van der Waals surface area contributed by atoms with Gasteiger partial charge in [0, 0.05) is 22.9 Å². The SMILES string of the molecule is Cc1ccc(/C=C/C(=O)NN(C)c2ccccc2)s1. The third-order valence-electron chi connectivity index (χ3n) is 2.58. The molecule has 0 fully saturated rings. The summed E-state index contributed by atoms with van der Waals surface area (Å²) < 4.78 is 0. The first-order valence-electron chi connectivity index (χ1n) is 5.99. The normalized spacial score (nSPS) is 10.6. The molecular formula is C15H16N2OS. The number of nitrogens with one attached hydrogen (secondary N) is 1. The van der Waals surface area contributed by atoms with Crippen LogP contribution in [0.25, 0.3) is 6.08 Å². The number of hydrogen-bond acceptors (Lipinski definition) is 3. The van der Waals surface area contributed by atoms with Crippen molar-refractivity contribution < 1.29 is 4.79 Å². The summed E-state index contributed by atoms with van der Waals surface area (Å²) in [5.41, 5.74) is 3.73. The maximum absolute atomic E-state index is 11.8. The first-order valence-corrected chi connectivity index (χ1v) is 6.81. The van der Waals surface area contributed by atoms with Crippen LogP contribution in [0.5, 0.6) is 0 Å². The average Bonchev–Trinajstić information content (AvgIpc) is 2.83. The number of carbonyl (C=O) groups is 1. The molecule has 19 heavy (non-hydrogen) atoms. The predicted molar refractivity (Wildman–Crippen MR) is 81.1 cm³/mol. The van der Waals surface area contributed by atoms with Crippen molar-refractivity contribution in [2.75, 3.05) is 12.1 Å². The molecule has 0 bridgehead atoms. The van der Waals surface area contributed by atoms with E-state index in [1.54, 1.807) is 22.4 Å². The molecular weight excluding hydrogens is 256 g/mol. The van der Waals surface area contributed by atoms with Crippen molar-refractivity contribution in [2.24, 2.45) is 0 Å². The van der Waals surface area contributed by atoms with Crippen LogP contribution in [-0.4, -0.2) is 13.0 Å². The molecule has 1 aromatic heterocycles. The number of aryl methyl sites for hydroxylation is 1. The minimum atomic E-state index is -0.141. The maximum atomic E-state index is 11.8. The smallest absolute Gasteiger partial charge is 0.262 e. The summed E-state index contributed by atoms with van der Waals surface area (Å²) in [6, 6.07) is 13.7. The topological polar surface area (TPSA) is 32.3 Å². The zero-order valence-corrected chi connectivity index (χ0v) is 11.8. The number of amides is 1. The van der Waals surface area contributed by atoms with E-state index in [2.05, 4.69) is 5.43 Å². The van der Waals surface area contributed by atoms with Crippen molar-refractivity contribution in [3.05, 3.63) is 58.3 Å². The summed E-state index contributed by atoms with van der Waals surface area (Å²) in [6.45, 7) is 2.05. The van der Waals surface area contributed by atoms with Gasteiger partial charge in [0.1, 0.15) is 0 Å². The third-order valence-corrected chi connectivity index (χ3v) is 3.55. The summed E-state index contributed by atoms with van der Waals surface area (Å²) in [5.74, 6) is -0.141. The Morgan fingerprint density at radius 3 is 2.58 bits per heavy atom. The number of hydrogen-bond donors (Lipinski definition) is 1. The number of hydrazine groups is 1. The summed E-state index contributed by atoms with van der Waals surface area (Å²) >= 11 is 1.66. The largest absolute Gasteiger partial charge is 0.288 e. The minimum Gasteiger partial charge on any atom is -0.288 e. The average molecular weight is 272 g/mol. The lowest BCUT2D eigenvalue weighted by atomic mass is 10.3. The fourth-order valence-electron chi connectivity index (χ4n) is 1.62. The molecule has 0 aliphatic rings. The number of rotatable bonds is 4. The van der Waals surface area contributed by atoms with E-state index in [9.17, 15) is 4.79 Å². The minimum absolute atomic E-state index is 0.141. The van der Waals surface area contributed by atoms with Crippen LogP contribution in [0.2, 0.25) is 0 Å². The van der Waals surface area contributed by atoms with E-state index < -0.39 is 0 Å². The quantitative estimate of drug-likeness (QED) is 0.684. The highest BCUT2D eigenvalue weighted by Crippen LogP contribution is 2.16. The van der Waals surface area contributed by atoms with Gasteiger partial charge >= 0.3 is 0 Å². The van der Waals surface area contributed by atoms with Crippen molar-refractivity contribution in [2.45, 2.75) is 6.92 Å². The van der Waals surface area contributed by atoms with Gasteiger partial charge < -0.3 is 0 Å². The van der Waals surface area contributed by atoms with Gasteiger partial charge in [0.05, 0.1) is 5.69 Å². The van der Waals surface area contributed by atoms with Gasteiger partial charge in [-0.05, 0) is 37.3 Å². The van der Waals surface area contributed by atoms with Gasteiger partial charge in [0.25, 0.3) is 5.91 Å². The summed E-state index contributed by atoms with van der Waals surface area (Å²) in [5, 5.41) is 1.70. The molecule has 0 unspecified atom stereocenters. The molecule has 0 saturated heterocycles. The lowest BCUT2D eigenvalue weighted by Crippen LogP contribution is -2.38. The molecule has 1 heterocycles. The van der Waals surface area contributed by atoms with Crippen LogP contribution in [0, 0.1) is 6.92 Å². The van der Waals surface area contributed by atoms with E-state index in [-0.39, 0.29) is 5.91 Å². The van der Waals surface area contributed by atoms with E-state index in [1.165, 1.54) is 4.88 Å². The Labute approximate surface area is 117 Å². The zero-order valence-electron chi connectivity index (χ0n) is 11.0. The summed E-state index contributed by atoms with van der Waals surface area (Å²) in [7, 11) is 1.82. The van der Waals surface area contributed by atoms with E-state index in [1.807, 2.05) is 62.5 Å². The Bertz CT molecular complexity index is 575. The van der Waals surface area contributed by atoms with Crippen LogP contribution in [0.4, 0.5) is 5.69 Å². The van der Waals surface area contributed by atoms with E-state index >= 15 is 0 Å². The third kappa shape index (κ3) is 3.96. The zero-order chi connectivity index (χ0) is 13.7. The van der Waals surface area contributed by atoms with Crippen LogP contribution < -0.4 is 10.4 Å².